The zero-order valence-electron chi connectivity index (χ0n) is 11.2. The molecule has 0 saturated carbocycles. The van der Waals surface area contributed by atoms with Gasteiger partial charge in [-0.05, 0) is 30.5 Å². The molecule has 1 heterocycles. The van der Waals surface area contributed by atoms with Gasteiger partial charge in [0.25, 0.3) is 0 Å². The highest BCUT2D eigenvalue weighted by atomic mass is 32.2. The molecule has 5 heteroatoms. The Morgan fingerprint density at radius 3 is 3.11 bits per heavy atom. The summed E-state index contributed by atoms with van der Waals surface area (Å²) in [5, 5.41) is 0. The highest BCUT2D eigenvalue weighted by molar-refractivity contribution is 7.85. The average molecular weight is 283 g/mol. The highest BCUT2D eigenvalue weighted by Gasteiger charge is 2.20. The van der Waals surface area contributed by atoms with Crippen molar-refractivity contribution < 1.29 is 13.7 Å². The Hall–Kier alpha value is -0.910. The Balaban J connectivity index is 1.88. The number of ether oxygens (including phenoxy) is 2. The Morgan fingerprint density at radius 2 is 2.42 bits per heavy atom. The van der Waals surface area contributed by atoms with Crippen molar-refractivity contribution in [2.24, 2.45) is 5.73 Å². The molecular weight excluding hydrogens is 262 g/mol. The Morgan fingerprint density at radius 1 is 1.58 bits per heavy atom. The minimum atomic E-state index is -0.940. The summed E-state index contributed by atoms with van der Waals surface area (Å²) in [5.74, 6) is 1.84. The van der Waals surface area contributed by atoms with Crippen molar-refractivity contribution in [3.63, 3.8) is 0 Å². The molecule has 1 aromatic carbocycles. The second-order valence-electron chi connectivity index (χ2n) is 4.79. The maximum absolute atomic E-state index is 12.1. The summed E-state index contributed by atoms with van der Waals surface area (Å²) < 4.78 is 22.7. The van der Waals surface area contributed by atoms with E-state index in [0.29, 0.717) is 11.5 Å². The van der Waals surface area contributed by atoms with E-state index in [2.05, 4.69) is 0 Å². The lowest BCUT2D eigenvalue weighted by molar-refractivity contribution is 0.128. The highest BCUT2D eigenvalue weighted by Crippen LogP contribution is 2.19. The maximum atomic E-state index is 12.1. The van der Waals surface area contributed by atoms with Gasteiger partial charge in [-0.1, -0.05) is 12.1 Å². The quantitative estimate of drug-likeness (QED) is 0.862. The number of benzene rings is 1. The van der Waals surface area contributed by atoms with Crippen LogP contribution in [0.1, 0.15) is 24.4 Å². The number of methoxy groups -OCH3 is 1. The van der Waals surface area contributed by atoms with E-state index in [1.165, 1.54) is 0 Å². The second kappa shape index (κ2) is 7.03. The lowest BCUT2D eigenvalue weighted by Gasteiger charge is -2.14. The average Bonchev–Trinajstić information content (AvgIpc) is 2.91. The van der Waals surface area contributed by atoms with Crippen LogP contribution in [0.5, 0.6) is 5.75 Å². The normalized spacial score (nSPS) is 22.1. The summed E-state index contributed by atoms with van der Waals surface area (Å²) in [7, 11) is 0.685. The summed E-state index contributed by atoms with van der Waals surface area (Å²) in [6, 6.07) is 7.39. The first-order valence-electron chi connectivity index (χ1n) is 6.55. The van der Waals surface area contributed by atoms with Gasteiger partial charge in [-0.3, -0.25) is 4.21 Å². The molecule has 0 bridgehead atoms. The van der Waals surface area contributed by atoms with Crippen molar-refractivity contribution >= 4 is 10.8 Å². The molecule has 3 unspecified atom stereocenters. The van der Waals surface area contributed by atoms with Gasteiger partial charge in [-0.15, -0.1) is 0 Å². The van der Waals surface area contributed by atoms with Gasteiger partial charge in [-0.2, -0.15) is 0 Å². The van der Waals surface area contributed by atoms with Gasteiger partial charge in [-0.25, -0.2) is 0 Å². The molecule has 0 amide bonds. The molecule has 3 atom stereocenters. The third-order valence-corrected chi connectivity index (χ3v) is 4.76. The van der Waals surface area contributed by atoms with Gasteiger partial charge in [0.15, 0.2) is 0 Å². The smallest absolute Gasteiger partial charge is 0.119 e. The van der Waals surface area contributed by atoms with E-state index in [0.717, 1.165) is 30.8 Å². The van der Waals surface area contributed by atoms with E-state index in [1.807, 2.05) is 24.3 Å². The number of rotatable bonds is 6. The molecule has 0 aliphatic carbocycles. The molecule has 1 fully saturated rings. The fraction of sp³-hybridized carbons (Fsp3) is 0.571. The van der Waals surface area contributed by atoms with Gasteiger partial charge in [0.1, 0.15) is 5.75 Å². The van der Waals surface area contributed by atoms with Gasteiger partial charge in [0.05, 0.1) is 13.2 Å². The van der Waals surface area contributed by atoms with E-state index in [-0.39, 0.29) is 12.1 Å². The Labute approximate surface area is 116 Å². The van der Waals surface area contributed by atoms with E-state index < -0.39 is 10.8 Å². The summed E-state index contributed by atoms with van der Waals surface area (Å²) >= 11 is 0. The topological polar surface area (TPSA) is 61.5 Å². The van der Waals surface area contributed by atoms with Crippen molar-refractivity contribution in [3.8, 4) is 5.75 Å². The molecule has 1 aliphatic heterocycles. The molecule has 0 radical (unpaired) electrons. The molecule has 2 rings (SSSR count). The van der Waals surface area contributed by atoms with Crippen LogP contribution in [0.3, 0.4) is 0 Å². The second-order valence-corrected chi connectivity index (χ2v) is 6.34. The van der Waals surface area contributed by atoms with Gasteiger partial charge < -0.3 is 15.2 Å². The molecule has 106 valence electrons. The summed E-state index contributed by atoms with van der Waals surface area (Å²) in [4.78, 5) is 0. The molecule has 1 aliphatic rings. The van der Waals surface area contributed by atoms with Crippen LogP contribution >= 0.6 is 0 Å². The number of nitrogens with two attached hydrogens (primary N) is 1. The zero-order chi connectivity index (χ0) is 13.7. The first-order valence-corrected chi connectivity index (χ1v) is 8.04. The predicted molar refractivity (Wildman–Crippen MR) is 76.8 cm³/mol. The van der Waals surface area contributed by atoms with Crippen LogP contribution in [-0.4, -0.2) is 35.5 Å². The van der Waals surface area contributed by atoms with E-state index in [9.17, 15) is 4.21 Å². The molecular formula is C14H21NO3S. The minimum absolute atomic E-state index is 0.151. The molecule has 1 aromatic rings. The third kappa shape index (κ3) is 4.30. The lowest BCUT2D eigenvalue weighted by atomic mass is 10.1. The van der Waals surface area contributed by atoms with Crippen molar-refractivity contribution in [1.29, 1.82) is 0 Å². The molecule has 1 saturated heterocycles. The third-order valence-electron chi connectivity index (χ3n) is 3.28. The van der Waals surface area contributed by atoms with E-state index in [4.69, 9.17) is 15.2 Å². The van der Waals surface area contributed by atoms with E-state index >= 15 is 0 Å². The van der Waals surface area contributed by atoms with Crippen molar-refractivity contribution in [2.45, 2.75) is 25.0 Å². The largest absolute Gasteiger partial charge is 0.497 e. The minimum Gasteiger partial charge on any atom is -0.497 e. The monoisotopic (exact) mass is 283 g/mol. The molecule has 0 spiro atoms. The fourth-order valence-corrected chi connectivity index (χ4v) is 3.63. The van der Waals surface area contributed by atoms with Gasteiger partial charge >= 0.3 is 0 Å². The Kier molecular flexibility index (Phi) is 5.36. The van der Waals surface area contributed by atoms with Gasteiger partial charge in [0, 0.05) is 35.0 Å². The van der Waals surface area contributed by atoms with Crippen molar-refractivity contribution in [3.05, 3.63) is 29.8 Å². The fourth-order valence-electron chi connectivity index (χ4n) is 2.22. The molecule has 4 nitrogen and oxygen atoms in total. The maximum Gasteiger partial charge on any atom is 0.119 e. The summed E-state index contributed by atoms with van der Waals surface area (Å²) in [5.41, 5.74) is 7.06. The van der Waals surface area contributed by atoms with Crippen LogP contribution in [0.4, 0.5) is 0 Å². The van der Waals surface area contributed by atoms with Crippen molar-refractivity contribution in [1.82, 2.24) is 0 Å². The first-order chi connectivity index (χ1) is 9.19. The Bertz CT molecular complexity index is 432. The van der Waals surface area contributed by atoms with Crippen LogP contribution in [0.15, 0.2) is 24.3 Å². The van der Waals surface area contributed by atoms with Crippen LogP contribution in [0.25, 0.3) is 0 Å². The SMILES string of the molecule is COc1cccc(C(N)CS(=O)CC2CCCO2)c1. The molecule has 19 heavy (non-hydrogen) atoms. The predicted octanol–water partition coefficient (Wildman–Crippen LogP) is 1.62. The van der Waals surface area contributed by atoms with Crippen LogP contribution < -0.4 is 10.5 Å². The number of hydrogen-bond donors (Lipinski definition) is 1. The summed E-state index contributed by atoms with van der Waals surface area (Å²) in [6.07, 6.45) is 2.24. The van der Waals surface area contributed by atoms with Crippen LogP contribution in [0, 0.1) is 0 Å². The summed E-state index contributed by atoms with van der Waals surface area (Å²) in [6.45, 7) is 0.795. The standard InChI is InChI=1S/C14H21NO3S/c1-17-12-5-2-4-11(8-12)14(15)10-19(16)9-13-6-3-7-18-13/h2,4-5,8,13-14H,3,6-7,9-10,15H2,1H3. The van der Waals surface area contributed by atoms with E-state index in [1.54, 1.807) is 7.11 Å². The zero-order valence-corrected chi connectivity index (χ0v) is 12.0. The van der Waals surface area contributed by atoms with Crippen molar-refractivity contribution in [2.75, 3.05) is 25.2 Å². The molecule has 0 aromatic heterocycles. The molecule has 2 N–H and O–H groups in total. The number of hydrogen-bond acceptors (Lipinski definition) is 4. The van der Waals surface area contributed by atoms with Crippen LogP contribution in [0.2, 0.25) is 0 Å². The van der Waals surface area contributed by atoms with Crippen LogP contribution in [-0.2, 0) is 15.5 Å². The lowest BCUT2D eigenvalue weighted by Crippen LogP contribution is -2.24. The van der Waals surface area contributed by atoms with Gasteiger partial charge in [0.2, 0.25) is 0 Å². The first kappa shape index (κ1) is 14.5.